The first-order chi connectivity index (χ1) is 18.1. The number of allylic oxidation sites excluding steroid dienone is 2. The summed E-state index contributed by atoms with van der Waals surface area (Å²) in [4.78, 5) is 31.5. The third-order valence-corrected chi connectivity index (χ3v) is 7.86. The van der Waals surface area contributed by atoms with Gasteiger partial charge in [0, 0.05) is 5.56 Å². The van der Waals surface area contributed by atoms with Crippen LogP contribution in [0.2, 0.25) is 0 Å². The van der Waals surface area contributed by atoms with E-state index in [-0.39, 0.29) is 17.6 Å². The number of benzene rings is 3. The van der Waals surface area contributed by atoms with E-state index in [9.17, 15) is 9.59 Å². The Kier molecular flexibility index (Phi) is 6.02. The quantitative estimate of drug-likeness (QED) is 0.376. The second-order valence-electron chi connectivity index (χ2n) is 9.02. The Morgan fingerprint density at radius 3 is 2.54 bits per heavy atom. The van der Waals surface area contributed by atoms with Crippen molar-refractivity contribution in [1.29, 1.82) is 0 Å². The Morgan fingerprint density at radius 1 is 1.00 bits per heavy atom. The molecule has 182 valence electrons. The highest BCUT2D eigenvalue weighted by Crippen LogP contribution is 2.41. The fraction of sp³-hybridized carbons (Fsp3) is 0.129. The molecule has 6 heteroatoms. The number of carbonyl (C=O) groups is 1. The van der Waals surface area contributed by atoms with Crippen LogP contribution in [-0.2, 0) is 11.2 Å². The first-order valence-corrected chi connectivity index (χ1v) is 13.0. The van der Waals surface area contributed by atoms with Gasteiger partial charge in [0.05, 0.1) is 28.9 Å². The van der Waals surface area contributed by atoms with Gasteiger partial charge in [0.15, 0.2) is 4.80 Å². The molecule has 2 heterocycles. The fourth-order valence-corrected chi connectivity index (χ4v) is 6.02. The van der Waals surface area contributed by atoms with E-state index < -0.39 is 0 Å². The van der Waals surface area contributed by atoms with Gasteiger partial charge >= 0.3 is 5.97 Å². The van der Waals surface area contributed by atoms with Gasteiger partial charge in [-0.1, -0.05) is 90.2 Å². The summed E-state index contributed by atoms with van der Waals surface area (Å²) in [6.07, 6.45) is 7.48. The third-order valence-electron chi connectivity index (χ3n) is 6.86. The Balaban J connectivity index is 1.52. The van der Waals surface area contributed by atoms with Crippen molar-refractivity contribution in [3.05, 3.63) is 138 Å². The molecule has 1 aliphatic carbocycles. The molecule has 0 spiro atoms. The van der Waals surface area contributed by atoms with Crippen molar-refractivity contribution in [2.45, 2.75) is 18.9 Å². The molecule has 5 nitrogen and oxygen atoms in total. The van der Waals surface area contributed by atoms with Gasteiger partial charge < -0.3 is 4.74 Å². The maximum Gasteiger partial charge on any atom is 0.337 e. The second kappa shape index (κ2) is 9.64. The third kappa shape index (κ3) is 4.19. The number of hydrogen-bond donors (Lipinski definition) is 0. The van der Waals surface area contributed by atoms with Gasteiger partial charge in [0.25, 0.3) is 5.56 Å². The molecule has 0 N–H and O–H groups in total. The summed E-state index contributed by atoms with van der Waals surface area (Å²) in [5, 5.41) is 0. The molecule has 0 amide bonds. The SMILES string of the molecule is COC(=O)c1ccc(C2C3=C(N=c4sc(=C/C=C/c5ccccc5)c(=O)n42)c2ccccc2CC3)cc1. The number of nitrogens with zero attached hydrogens (tertiary/aromatic N) is 2. The number of fused-ring (bicyclic) bond motifs is 3. The molecule has 0 radical (unpaired) electrons. The zero-order valence-corrected chi connectivity index (χ0v) is 21.1. The van der Waals surface area contributed by atoms with Crippen LogP contribution in [0.3, 0.4) is 0 Å². The van der Waals surface area contributed by atoms with Crippen LogP contribution in [0.15, 0.2) is 100 Å². The second-order valence-corrected chi connectivity index (χ2v) is 10.0. The van der Waals surface area contributed by atoms with Crippen LogP contribution in [0.1, 0.15) is 45.1 Å². The summed E-state index contributed by atoms with van der Waals surface area (Å²) in [7, 11) is 1.37. The van der Waals surface area contributed by atoms with Crippen molar-refractivity contribution in [2.24, 2.45) is 4.99 Å². The van der Waals surface area contributed by atoms with E-state index in [2.05, 4.69) is 18.2 Å². The molecule has 1 aromatic heterocycles. The smallest absolute Gasteiger partial charge is 0.337 e. The number of methoxy groups -OCH3 is 1. The highest BCUT2D eigenvalue weighted by atomic mass is 32.1. The van der Waals surface area contributed by atoms with Crippen molar-refractivity contribution in [3.8, 4) is 0 Å². The highest BCUT2D eigenvalue weighted by Gasteiger charge is 2.32. The Bertz CT molecular complexity index is 1740. The lowest BCUT2D eigenvalue weighted by molar-refractivity contribution is 0.0600. The van der Waals surface area contributed by atoms with Gasteiger partial charge in [-0.25, -0.2) is 9.79 Å². The number of hydrogen-bond acceptors (Lipinski definition) is 5. The van der Waals surface area contributed by atoms with Crippen LogP contribution in [0.25, 0.3) is 17.8 Å². The van der Waals surface area contributed by atoms with E-state index in [1.807, 2.05) is 71.3 Å². The number of carbonyl (C=O) groups excluding carboxylic acids is 1. The molecule has 1 atom stereocenters. The van der Waals surface area contributed by atoms with Crippen molar-refractivity contribution < 1.29 is 9.53 Å². The monoisotopic (exact) mass is 504 g/mol. The minimum absolute atomic E-state index is 0.0612. The van der Waals surface area contributed by atoms with Crippen LogP contribution < -0.4 is 14.9 Å². The van der Waals surface area contributed by atoms with Crippen molar-refractivity contribution in [3.63, 3.8) is 0 Å². The van der Waals surface area contributed by atoms with Gasteiger partial charge in [0.1, 0.15) is 0 Å². The van der Waals surface area contributed by atoms with Crippen LogP contribution in [0.5, 0.6) is 0 Å². The zero-order chi connectivity index (χ0) is 25.4. The topological polar surface area (TPSA) is 60.7 Å². The molecule has 6 rings (SSSR count). The number of rotatable bonds is 4. The van der Waals surface area contributed by atoms with E-state index in [0.29, 0.717) is 14.9 Å². The Morgan fingerprint density at radius 2 is 1.76 bits per heavy atom. The summed E-state index contributed by atoms with van der Waals surface area (Å²) in [5.41, 5.74) is 6.92. The summed E-state index contributed by atoms with van der Waals surface area (Å²) < 4.78 is 7.31. The number of thiazole rings is 1. The average molecular weight is 505 g/mol. The molecule has 0 fully saturated rings. The molecule has 2 aliphatic rings. The lowest BCUT2D eigenvalue weighted by Crippen LogP contribution is -2.38. The molecular formula is C31H24N2O3S. The fourth-order valence-electron chi connectivity index (χ4n) is 5.07. The summed E-state index contributed by atoms with van der Waals surface area (Å²) in [5.74, 6) is -0.382. The van der Waals surface area contributed by atoms with Gasteiger partial charge in [-0.05, 0) is 53.3 Å². The van der Waals surface area contributed by atoms with Gasteiger partial charge in [-0.2, -0.15) is 0 Å². The van der Waals surface area contributed by atoms with Crippen molar-refractivity contribution >= 4 is 35.2 Å². The van der Waals surface area contributed by atoms with E-state index >= 15 is 0 Å². The predicted molar refractivity (Wildman–Crippen MR) is 147 cm³/mol. The Hall–Kier alpha value is -4.29. The van der Waals surface area contributed by atoms with E-state index in [1.54, 1.807) is 12.1 Å². The lowest BCUT2D eigenvalue weighted by atomic mass is 9.83. The zero-order valence-electron chi connectivity index (χ0n) is 20.3. The van der Waals surface area contributed by atoms with E-state index in [4.69, 9.17) is 9.73 Å². The molecule has 1 aliphatic heterocycles. The van der Waals surface area contributed by atoms with Crippen LogP contribution in [0, 0.1) is 0 Å². The van der Waals surface area contributed by atoms with Crippen LogP contribution in [-0.4, -0.2) is 17.6 Å². The lowest BCUT2D eigenvalue weighted by Gasteiger charge is -2.30. The van der Waals surface area contributed by atoms with Crippen LogP contribution in [0.4, 0.5) is 0 Å². The molecule has 37 heavy (non-hydrogen) atoms. The Labute approximate surface area is 218 Å². The minimum atomic E-state index is -0.382. The maximum atomic E-state index is 13.7. The van der Waals surface area contributed by atoms with E-state index in [1.165, 1.54) is 24.0 Å². The number of esters is 1. The van der Waals surface area contributed by atoms with Gasteiger partial charge in [-0.15, -0.1) is 0 Å². The summed E-state index contributed by atoms with van der Waals surface area (Å²) in [6, 6.07) is 25.4. The molecule has 3 aromatic carbocycles. The number of ether oxygens (including phenoxy) is 1. The molecule has 4 aromatic rings. The molecular weight excluding hydrogens is 480 g/mol. The highest BCUT2D eigenvalue weighted by molar-refractivity contribution is 7.07. The van der Waals surface area contributed by atoms with E-state index in [0.717, 1.165) is 40.8 Å². The largest absolute Gasteiger partial charge is 0.465 e. The van der Waals surface area contributed by atoms with Crippen molar-refractivity contribution in [1.82, 2.24) is 4.57 Å². The molecule has 1 unspecified atom stereocenters. The predicted octanol–water partition coefficient (Wildman–Crippen LogP) is 4.77. The van der Waals surface area contributed by atoms with Crippen molar-refractivity contribution in [2.75, 3.05) is 7.11 Å². The van der Waals surface area contributed by atoms with Gasteiger partial charge in [0.2, 0.25) is 0 Å². The normalized spacial score (nSPS) is 16.7. The summed E-state index contributed by atoms with van der Waals surface area (Å²) in [6.45, 7) is 0. The summed E-state index contributed by atoms with van der Waals surface area (Å²) >= 11 is 1.41. The molecule has 0 saturated carbocycles. The molecule has 0 bridgehead atoms. The standard InChI is InChI=1S/C31H24N2O3S/c1-36-30(35)23-16-14-22(15-17-23)28-25-19-18-21-11-5-6-12-24(21)27(25)32-31-33(28)29(34)26(37-31)13-7-10-20-8-3-2-4-9-20/h2-17,28H,18-19H2,1H3/b10-7+,26-13?. The number of aromatic nitrogens is 1. The minimum Gasteiger partial charge on any atom is -0.465 e. The van der Waals surface area contributed by atoms with Gasteiger partial charge in [-0.3, -0.25) is 9.36 Å². The first-order valence-electron chi connectivity index (χ1n) is 12.2. The average Bonchev–Trinajstić information content (AvgIpc) is 3.26. The molecule has 0 saturated heterocycles. The first kappa shape index (κ1) is 23.1. The van der Waals surface area contributed by atoms with Crippen LogP contribution >= 0.6 is 11.3 Å². The number of aryl methyl sites for hydroxylation is 1. The maximum absolute atomic E-state index is 13.7.